The molecule has 0 saturated carbocycles. The first-order valence-corrected chi connectivity index (χ1v) is 8.38. The molecule has 0 N–H and O–H groups in total. The molecule has 3 aromatic rings. The van der Waals surface area contributed by atoms with Crippen molar-refractivity contribution < 1.29 is 9.15 Å². The lowest BCUT2D eigenvalue weighted by Crippen LogP contribution is -2.33. The smallest absolute Gasteiger partial charge is 0.213 e. The van der Waals surface area contributed by atoms with Gasteiger partial charge in [0.15, 0.2) is 0 Å². The molecule has 124 valence electrons. The number of rotatable bonds is 2. The third-order valence-corrected chi connectivity index (χ3v) is 4.72. The summed E-state index contributed by atoms with van der Waals surface area (Å²) in [5.41, 5.74) is 3.16. The molecule has 2 aliphatic heterocycles. The number of pyridine rings is 1. The fourth-order valence-corrected chi connectivity index (χ4v) is 3.52. The normalized spacial score (nSPS) is 21.3. The molecule has 2 atom stereocenters. The van der Waals surface area contributed by atoms with Crippen LogP contribution in [0, 0.1) is 6.92 Å². The van der Waals surface area contributed by atoms with E-state index in [1.54, 1.807) is 12.4 Å². The van der Waals surface area contributed by atoms with Crippen molar-refractivity contribution in [2.24, 2.45) is 5.10 Å². The van der Waals surface area contributed by atoms with Crippen LogP contribution in [0.25, 0.3) is 0 Å². The molecule has 0 bridgehead atoms. The summed E-state index contributed by atoms with van der Waals surface area (Å²) in [5, 5.41) is 6.91. The monoisotopic (exact) mass is 331 g/mol. The SMILES string of the molecule is Cc1ccc(C2=NN3C(C2)c2ccccc2OC3c2ccncc2)o1. The van der Waals surface area contributed by atoms with Gasteiger partial charge >= 0.3 is 0 Å². The van der Waals surface area contributed by atoms with Gasteiger partial charge in [0, 0.05) is 29.9 Å². The van der Waals surface area contributed by atoms with Gasteiger partial charge in [-0.1, -0.05) is 18.2 Å². The fraction of sp³-hybridized carbons (Fsp3) is 0.200. The van der Waals surface area contributed by atoms with Gasteiger partial charge in [-0.25, -0.2) is 5.01 Å². The Labute approximate surface area is 145 Å². The molecule has 0 aliphatic carbocycles. The lowest BCUT2D eigenvalue weighted by Gasteiger charge is -2.38. The number of ether oxygens (including phenoxy) is 1. The van der Waals surface area contributed by atoms with Crippen molar-refractivity contribution in [2.45, 2.75) is 25.6 Å². The fourth-order valence-electron chi connectivity index (χ4n) is 3.52. The highest BCUT2D eigenvalue weighted by molar-refractivity contribution is 5.99. The van der Waals surface area contributed by atoms with Gasteiger partial charge in [0.05, 0.1) is 6.04 Å². The summed E-state index contributed by atoms with van der Waals surface area (Å²) in [4.78, 5) is 4.11. The number of fused-ring (bicyclic) bond motifs is 3. The first kappa shape index (κ1) is 14.3. The maximum Gasteiger partial charge on any atom is 0.213 e. The Morgan fingerprint density at radius 3 is 2.68 bits per heavy atom. The summed E-state index contributed by atoms with van der Waals surface area (Å²) in [6.45, 7) is 1.95. The first-order valence-electron chi connectivity index (χ1n) is 8.38. The number of hydrazone groups is 1. The molecule has 2 aromatic heterocycles. The van der Waals surface area contributed by atoms with Gasteiger partial charge < -0.3 is 9.15 Å². The number of aromatic nitrogens is 1. The van der Waals surface area contributed by atoms with E-state index in [4.69, 9.17) is 14.3 Å². The third kappa shape index (κ3) is 2.31. The molecule has 0 spiro atoms. The lowest BCUT2D eigenvalue weighted by atomic mass is 9.98. The predicted molar refractivity (Wildman–Crippen MR) is 93.2 cm³/mol. The quantitative estimate of drug-likeness (QED) is 0.705. The molecule has 5 rings (SSSR count). The van der Waals surface area contributed by atoms with Crippen LogP contribution in [0.2, 0.25) is 0 Å². The molecule has 2 unspecified atom stereocenters. The first-order chi connectivity index (χ1) is 12.3. The van der Waals surface area contributed by atoms with Crippen LogP contribution in [0.4, 0.5) is 0 Å². The van der Waals surface area contributed by atoms with E-state index in [9.17, 15) is 0 Å². The average Bonchev–Trinajstić information content (AvgIpc) is 3.28. The van der Waals surface area contributed by atoms with Crippen molar-refractivity contribution >= 4 is 5.71 Å². The van der Waals surface area contributed by atoms with Crippen LogP contribution in [0.5, 0.6) is 5.75 Å². The highest BCUT2D eigenvalue weighted by atomic mass is 16.5. The summed E-state index contributed by atoms with van der Waals surface area (Å²) in [6.07, 6.45) is 4.10. The Morgan fingerprint density at radius 2 is 1.88 bits per heavy atom. The maximum atomic E-state index is 6.28. The summed E-state index contributed by atoms with van der Waals surface area (Å²) in [6, 6.07) is 16.2. The number of hydrogen-bond donors (Lipinski definition) is 0. The second-order valence-electron chi connectivity index (χ2n) is 6.35. The topological polar surface area (TPSA) is 50.9 Å². The van der Waals surface area contributed by atoms with Gasteiger partial charge in [-0.2, -0.15) is 5.10 Å². The van der Waals surface area contributed by atoms with E-state index in [0.29, 0.717) is 0 Å². The molecule has 0 fully saturated rings. The number of benzene rings is 1. The number of nitrogens with zero attached hydrogens (tertiary/aromatic N) is 3. The highest BCUT2D eigenvalue weighted by Crippen LogP contribution is 2.47. The van der Waals surface area contributed by atoms with E-state index in [2.05, 4.69) is 11.1 Å². The molecule has 0 radical (unpaired) electrons. The van der Waals surface area contributed by atoms with Crippen molar-refractivity contribution in [3.63, 3.8) is 0 Å². The van der Waals surface area contributed by atoms with E-state index in [1.807, 2.05) is 54.4 Å². The second kappa shape index (κ2) is 5.48. The zero-order chi connectivity index (χ0) is 16.8. The van der Waals surface area contributed by atoms with Crippen molar-refractivity contribution in [1.29, 1.82) is 0 Å². The molecule has 5 nitrogen and oxygen atoms in total. The molecule has 4 heterocycles. The standard InChI is InChI=1S/C20H17N3O2/c1-13-6-7-19(24-13)16-12-17-15-4-2-3-5-18(15)25-20(23(17)22-16)14-8-10-21-11-9-14/h2-11,17,20H,12H2,1H3. The Kier molecular flexibility index (Phi) is 3.13. The van der Waals surface area contributed by atoms with Crippen molar-refractivity contribution in [3.8, 4) is 5.75 Å². The van der Waals surface area contributed by atoms with Crippen LogP contribution < -0.4 is 4.74 Å². The van der Waals surface area contributed by atoms with E-state index >= 15 is 0 Å². The van der Waals surface area contributed by atoms with Gasteiger partial charge in [0.1, 0.15) is 23.0 Å². The van der Waals surface area contributed by atoms with Crippen LogP contribution in [0.3, 0.4) is 0 Å². The Hall–Kier alpha value is -3.08. The Balaban J connectivity index is 1.60. The molecule has 5 heteroatoms. The zero-order valence-corrected chi connectivity index (χ0v) is 13.8. The van der Waals surface area contributed by atoms with Crippen molar-refractivity contribution in [2.75, 3.05) is 0 Å². The predicted octanol–water partition coefficient (Wildman–Crippen LogP) is 4.23. The minimum Gasteiger partial charge on any atom is -0.464 e. The Bertz CT molecular complexity index is 948. The van der Waals surface area contributed by atoms with Gasteiger partial charge in [-0.15, -0.1) is 0 Å². The van der Waals surface area contributed by atoms with Gasteiger partial charge in [0.2, 0.25) is 6.23 Å². The number of aryl methyl sites for hydroxylation is 1. The van der Waals surface area contributed by atoms with E-state index in [1.165, 1.54) is 0 Å². The van der Waals surface area contributed by atoms with E-state index in [-0.39, 0.29) is 12.3 Å². The summed E-state index contributed by atoms with van der Waals surface area (Å²) in [5.74, 6) is 2.64. The summed E-state index contributed by atoms with van der Waals surface area (Å²) < 4.78 is 12.1. The van der Waals surface area contributed by atoms with Crippen LogP contribution in [0.1, 0.15) is 41.3 Å². The van der Waals surface area contributed by atoms with Crippen molar-refractivity contribution in [1.82, 2.24) is 9.99 Å². The minimum absolute atomic E-state index is 0.142. The second-order valence-corrected chi connectivity index (χ2v) is 6.35. The van der Waals surface area contributed by atoms with Gasteiger partial charge in [0.25, 0.3) is 0 Å². The number of para-hydroxylation sites is 1. The van der Waals surface area contributed by atoms with Crippen LogP contribution in [-0.2, 0) is 0 Å². The maximum absolute atomic E-state index is 6.28. The molecule has 1 aromatic carbocycles. The average molecular weight is 331 g/mol. The van der Waals surface area contributed by atoms with Crippen LogP contribution in [-0.4, -0.2) is 15.7 Å². The zero-order valence-electron chi connectivity index (χ0n) is 13.8. The third-order valence-electron chi connectivity index (χ3n) is 4.72. The van der Waals surface area contributed by atoms with E-state index < -0.39 is 0 Å². The van der Waals surface area contributed by atoms with Crippen LogP contribution in [0.15, 0.2) is 70.4 Å². The molecule has 2 aliphatic rings. The summed E-state index contributed by atoms with van der Waals surface area (Å²) in [7, 11) is 0. The number of furan rings is 1. The lowest BCUT2D eigenvalue weighted by molar-refractivity contribution is -0.0190. The molecular weight excluding hydrogens is 314 g/mol. The molecule has 25 heavy (non-hydrogen) atoms. The van der Waals surface area contributed by atoms with Crippen molar-refractivity contribution in [3.05, 3.63) is 83.6 Å². The van der Waals surface area contributed by atoms with Gasteiger partial charge in [-0.3, -0.25) is 4.98 Å². The highest BCUT2D eigenvalue weighted by Gasteiger charge is 2.41. The molecule has 0 saturated heterocycles. The molecular formula is C20H17N3O2. The van der Waals surface area contributed by atoms with Crippen LogP contribution >= 0.6 is 0 Å². The largest absolute Gasteiger partial charge is 0.464 e. The van der Waals surface area contributed by atoms with Gasteiger partial charge in [-0.05, 0) is 37.3 Å². The summed E-state index contributed by atoms with van der Waals surface area (Å²) >= 11 is 0. The van der Waals surface area contributed by atoms with E-state index in [0.717, 1.165) is 40.5 Å². The minimum atomic E-state index is -0.267. The Morgan fingerprint density at radius 1 is 1.04 bits per heavy atom. The molecule has 0 amide bonds. The number of hydrogen-bond acceptors (Lipinski definition) is 5.